The molecule has 0 aliphatic rings. The Bertz CT molecular complexity index is 537. The van der Waals surface area contributed by atoms with Gasteiger partial charge < -0.3 is 5.32 Å². The van der Waals surface area contributed by atoms with Crippen LogP contribution in [0.25, 0.3) is 0 Å². The molecule has 2 aromatic rings. The summed E-state index contributed by atoms with van der Waals surface area (Å²) in [5.74, 6) is 0. The Balaban J connectivity index is 2.04. The van der Waals surface area contributed by atoms with Crippen LogP contribution < -0.4 is 5.32 Å². The minimum atomic E-state index is 0.347. The lowest BCUT2D eigenvalue weighted by Gasteiger charge is -2.18. The standard InChI is InChI=1S/C17H21ClN2/c1-3-5-17(14-8-10-15(18)11-9-14)19-12-16-7-4-6-13(2)20-16/h4,6-11,17,19H,3,5,12H2,1-2H3. The summed E-state index contributed by atoms with van der Waals surface area (Å²) in [6, 6.07) is 14.6. The maximum absolute atomic E-state index is 5.95. The van der Waals surface area contributed by atoms with E-state index in [1.165, 1.54) is 5.56 Å². The highest BCUT2D eigenvalue weighted by atomic mass is 35.5. The van der Waals surface area contributed by atoms with E-state index in [1.807, 2.05) is 25.1 Å². The molecule has 2 rings (SSSR count). The van der Waals surface area contributed by atoms with Gasteiger partial charge in [0, 0.05) is 23.3 Å². The zero-order chi connectivity index (χ0) is 14.4. The fourth-order valence-corrected chi connectivity index (χ4v) is 2.42. The van der Waals surface area contributed by atoms with Crippen molar-refractivity contribution in [3.8, 4) is 0 Å². The van der Waals surface area contributed by atoms with E-state index < -0.39 is 0 Å². The maximum atomic E-state index is 5.95. The normalized spacial score (nSPS) is 12.3. The summed E-state index contributed by atoms with van der Waals surface area (Å²) >= 11 is 5.95. The van der Waals surface area contributed by atoms with Crippen molar-refractivity contribution in [3.63, 3.8) is 0 Å². The molecule has 0 aliphatic heterocycles. The molecule has 1 unspecified atom stereocenters. The first-order chi connectivity index (χ1) is 9.69. The van der Waals surface area contributed by atoms with Crippen LogP contribution in [-0.2, 0) is 6.54 Å². The zero-order valence-electron chi connectivity index (χ0n) is 12.1. The van der Waals surface area contributed by atoms with Gasteiger partial charge in [0.15, 0.2) is 0 Å². The quantitative estimate of drug-likeness (QED) is 0.835. The number of pyridine rings is 1. The summed E-state index contributed by atoms with van der Waals surface area (Å²) in [6.45, 7) is 5.01. The topological polar surface area (TPSA) is 24.9 Å². The van der Waals surface area contributed by atoms with Crippen LogP contribution in [0.2, 0.25) is 5.02 Å². The van der Waals surface area contributed by atoms with E-state index in [2.05, 4.69) is 41.5 Å². The highest BCUT2D eigenvalue weighted by Crippen LogP contribution is 2.21. The molecule has 3 heteroatoms. The summed E-state index contributed by atoms with van der Waals surface area (Å²) in [7, 11) is 0. The second-order valence-corrected chi connectivity index (χ2v) is 5.48. The molecule has 0 saturated carbocycles. The third kappa shape index (κ3) is 4.32. The average molecular weight is 289 g/mol. The molecule has 0 fully saturated rings. The van der Waals surface area contributed by atoms with Gasteiger partial charge in [0.05, 0.1) is 5.69 Å². The molecular formula is C17H21ClN2. The summed E-state index contributed by atoms with van der Waals surface area (Å²) in [5, 5.41) is 4.38. The second kappa shape index (κ2) is 7.41. The van der Waals surface area contributed by atoms with Gasteiger partial charge in [-0.1, -0.05) is 43.1 Å². The van der Waals surface area contributed by atoms with Crippen molar-refractivity contribution in [2.45, 2.75) is 39.3 Å². The largest absolute Gasteiger partial charge is 0.304 e. The van der Waals surface area contributed by atoms with Crippen LogP contribution in [0.5, 0.6) is 0 Å². The van der Waals surface area contributed by atoms with Gasteiger partial charge >= 0.3 is 0 Å². The highest BCUT2D eigenvalue weighted by molar-refractivity contribution is 6.30. The van der Waals surface area contributed by atoms with Crippen LogP contribution in [0.3, 0.4) is 0 Å². The Morgan fingerprint density at radius 1 is 1.15 bits per heavy atom. The van der Waals surface area contributed by atoms with Crippen molar-refractivity contribution in [2.75, 3.05) is 0 Å². The molecule has 1 heterocycles. The van der Waals surface area contributed by atoms with Crippen molar-refractivity contribution in [2.24, 2.45) is 0 Å². The molecule has 1 N–H and O–H groups in total. The molecule has 0 spiro atoms. The van der Waals surface area contributed by atoms with E-state index in [9.17, 15) is 0 Å². The Morgan fingerprint density at radius 2 is 1.90 bits per heavy atom. The summed E-state index contributed by atoms with van der Waals surface area (Å²) in [4.78, 5) is 4.53. The molecule has 0 bridgehead atoms. The number of hydrogen-bond acceptors (Lipinski definition) is 2. The van der Waals surface area contributed by atoms with Crippen LogP contribution in [0, 0.1) is 6.92 Å². The van der Waals surface area contributed by atoms with Gasteiger partial charge in [0.1, 0.15) is 0 Å². The number of hydrogen-bond donors (Lipinski definition) is 1. The Hall–Kier alpha value is -1.38. The van der Waals surface area contributed by atoms with E-state index in [-0.39, 0.29) is 0 Å². The van der Waals surface area contributed by atoms with Crippen LogP contribution in [0.1, 0.15) is 42.8 Å². The van der Waals surface area contributed by atoms with E-state index in [4.69, 9.17) is 11.6 Å². The Labute approximate surface area is 126 Å². The molecule has 0 radical (unpaired) electrons. The monoisotopic (exact) mass is 288 g/mol. The number of halogens is 1. The van der Waals surface area contributed by atoms with Gasteiger partial charge in [0.2, 0.25) is 0 Å². The first-order valence-electron chi connectivity index (χ1n) is 7.10. The fourth-order valence-electron chi connectivity index (χ4n) is 2.30. The van der Waals surface area contributed by atoms with Gasteiger partial charge in [-0.15, -0.1) is 0 Å². The Morgan fingerprint density at radius 3 is 2.55 bits per heavy atom. The molecule has 106 valence electrons. The highest BCUT2D eigenvalue weighted by Gasteiger charge is 2.10. The molecule has 1 atom stereocenters. The third-order valence-corrected chi connectivity index (χ3v) is 3.58. The molecule has 1 aromatic carbocycles. The lowest BCUT2D eigenvalue weighted by molar-refractivity contribution is 0.489. The smallest absolute Gasteiger partial charge is 0.0545 e. The predicted octanol–water partition coefficient (Wildman–Crippen LogP) is 4.67. The summed E-state index contributed by atoms with van der Waals surface area (Å²) in [6.07, 6.45) is 2.25. The fraction of sp³-hybridized carbons (Fsp3) is 0.353. The number of aryl methyl sites for hydroxylation is 1. The molecule has 0 saturated heterocycles. The van der Waals surface area contributed by atoms with Crippen molar-refractivity contribution in [1.29, 1.82) is 0 Å². The van der Waals surface area contributed by atoms with Gasteiger partial charge in [0.25, 0.3) is 0 Å². The van der Waals surface area contributed by atoms with Crippen molar-refractivity contribution in [1.82, 2.24) is 10.3 Å². The van der Waals surface area contributed by atoms with E-state index in [0.717, 1.165) is 35.8 Å². The minimum absolute atomic E-state index is 0.347. The molecule has 0 aliphatic carbocycles. The minimum Gasteiger partial charge on any atom is -0.304 e. The van der Waals surface area contributed by atoms with E-state index in [1.54, 1.807) is 0 Å². The van der Waals surface area contributed by atoms with Crippen LogP contribution in [-0.4, -0.2) is 4.98 Å². The molecule has 20 heavy (non-hydrogen) atoms. The van der Waals surface area contributed by atoms with Crippen LogP contribution >= 0.6 is 11.6 Å². The lowest BCUT2D eigenvalue weighted by atomic mass is 10.0. The molecular weight excluding hydrogens is 268 g/mol. The number of aromatic nitrogens is 1. The van der Waals surface area contributed by atoms with Crippen molar-refractivity contribution >= 4 is 11.6 Å². The zero-order valence-corrected chi connectivity index (χ0v) is 12.8. The van der Waals surface area contributed by atoms with Crippen LogP contribution in [0.4, 0.5) is 0 Å². The maximum Gasteiger partial charge on any atom is 0.0545 e. The SMILES string of the molecule is CCCC(NCc1cccc(C)n1)c1ccc(Cl)cc1. The number of benzene rings is 1. The average Bonchev–Trinajstić information content (AvgIpc) is 2.44. The van der Waals surface area contributed by atoms with Crippen molar-refractivity contribution < 1.29 is 0 Å². The van der Waals surface area contributed by atoms with Crippen molar-refractivity contribution in [3.05, 3.63) is 64.4 Å². The van der Waals surface area contributed by atoms with Gasteiger partial charge in [-0.2, -0.15) is 0 Å². The number of nitrogens with one attached hydrogen (secondary N) is 1. The van der Waals surface area contributed by atoms with Gasteiger partial charge in [-0.05, 0) is 43.2 Å². The summed E-state index contributed by atoms with van der Waals surface area (Å²) in [5.41, 5.74) is 3.42. The summed E-state index contributed by atoms with van der Waals surface area (Å²) < 4.78 is 0. The molecule has 2 nitrogen and oxygen atoms in total. The molecule has 0 amide bonds. The van der Waals surface area contributed by atoms with E-state index >= 15 is 0 Å². The van der Waals surface area contributed by atoms with E-state index in [0.29, 0.717) is 6.04 Å². The first-order valence-corrected chi connectivity index (χ1v) is 7.48. The molecule has 1 aromatic heterocycles. The van der Waals surface area contributed by atoms with Crippen LogP contribution in [0.15, 0.2) is 42.5 Å². The number of nitrogens with zero attached hydrogens (tertiary/aromatic N) is 1. The van der Waals surface area contributed by atoms with Gasteiger partial charge in [-0.25, -0.2) is 0 Å². The Kier molecular flexibility index (Phi) is 5.57. The lowest BCUT2D eigenvalue weighted by Crippen LogP contribution is -2.21. The predicted molar refractivity (Wildman–Crippen MR) is 84.9 cm³/mol. The van der Waals surface area contributed by atoms with Gasteiger partial charge in [-0.3, -0.25) is 4.98 Å². The number of rotatable bonds is 6. The second-order valence-electron chi connectivity index (χ2n) is 5.04. The first kappa shape index (κ1) is 15.0. The third-order valence-electron chi connectivity index (χ3n) is 3.33.